The normalized spacial score (nSPS) is 14.0. The summed E-state index contributed by atoms with van der Waals surface area (Å²) in [6.45, 7) is 0.463. The molecule has 0 atom stereocenters. The van der Waals surface area contributed by atoms with E-state index in [0.717, 1.165) is 23.2 Å². The predicted octanol–water partition coefficient (Wildman–Crippen LogP) is 2.84. The number of aromatic nitrogens is 2. The number of hydrogen-bond donors (Lipinski definition) is 0. The SMILES string of the molecule is Cn1cc(S(=O)(=O)N2CCc3ccccc32)c(-c2ccccc2)n1. The Morgan fingerprint density at radius 2 is 1.71 bits per heavy atom. The van der Waals surface area contributed by atoms with Crippen LogP contribution in [-0.4, -0.2) is 24.7 Å². The molecule has 0 fully saturated rings. The summed E-state index contributed by atoms with van der Waals surface area (Å²) in [7, 11) is -1.92. The van der Waals surface area contributed by atoms with Crippen LogP contribution in [0.1, 0.15) is 5.56 Å². The molecule has 0 radical (unpaired) electrons. The van der Waals surface area contributed by atoms with Gasteiger partial charge in [-0.3, -0.25) is 8.99 Å². The number of hydrogen-bond acceptors (Lipinski definition) is 3. The quantitative estimate of drug-likeness (QED) is 0.737. The van der Waals surface area contributed by atoms with E-state index in [0.29, 0.717) is 12.2 Å². The van der Waals surface area contributed by atoms with E-state index in [-0.39, 0.29) is 4.90 Å². The van der Waals surface area contributed by atoms with Crippen LogP contribution in [0.5, 0.6) is 0 Å². The third-order valence-electron chi connectivity index (χ3n) is 4.26. The minimum absolute atomic E-state index is 0.243. The first-order valence-corrected chi connectivity index (χ1v) is 9.21. The predicted molar refractivity (Wildman–Crippen MR) is 93.3 cm³/mol. The van der Waals surface area contributed by atoms with Crippen LogP contribution >= 0.6 is 0 Å². The molecule has 2 aromatic carbocycles. The highest BCUT2D eigenvalue weighted by molar-refractivity contribution is 7.93. The molecule has 122 valence electrons. The first kappa shape index (κ1) is 15.0. The molecule has 5 nitrogen and oxygen atoms in total. The second kappa shape index (κ2) is 5.49. The van der Waals surface area contributed by atoms with Crippen molar-refractivity contribution >= 4 is 15.7 Å². The summed E-state index contributed by atoms with van der Waals surface area (Å²) < 4.78 is 29.6. The average molecular weight is 339 g/mol. The number of aryl methyl sites for hydroxylation is 1. The molecule has 0 unspecified atom stereocenters. The maximum atomic E-state index is 13.3. The first-order chi connectivity index (χ1) is 11.6. The fourth-order valence-electron chi connectivity index (χ4n) is 3.13. The van der Waals surface area contributed by atoms with Gasteiger partial charge in [-0.05, 0) is 18.1 Å². The topological polar surface area (TPSA) is 55.2 Å². The van der Waals surface area contributed by atoms with E-state index in [1.807, 2.05) is 54.6 Å². The van der Waals surface area contributed by atoms with E-state index in [4.69, 9.17) is 0 Å². The number of anilines is 1. The summed E-state index contributed by atoms with van der Waals surface area (Å²) in [6.07, 6.45) is 2.31. The van der Waals surface area contributed by atoms with Crippen molar-refractivity contribution in [2.75, 3.05) is 10.8 Å². The number of benzene rings is 2. The number of para-hydroxylation sites is 1. The van der Waals surface area contributed by atoms with E-state index >= 15 is 0 Å². The van der Waals surface area contributed by atoms with Crippen molar-refractivity contribution in [2.45, 2.75) is 11.3 Å². The van der Waals surface area contributed by atoms with Gasteiger partial charge in [-0.15, -0.1) is 0 Å². The second-order valence-corrected chi connectivity index (χ2v) is 7.67. The Morgan fingerprint density at radius 1 is 1.00 bits per heavy atom. The highest BCUT2D eigenvalue weighted by Crippen LogP contribution is 2.35. The summed E-state index contributed by atoms with van der Waals surface area (Å²) >= 11 is 0. The van der Waals surface area contributed by atoms with Crippen LogP contribution in [0, 0.1) is 0 Å². The van der Waals surface area contributed by atoms with E-state index in [1.54, 1.807) is 17.9 Å². The van der Waals surface area contributed by atoms with Crippen molar-refractivity contribution < 1.29 is 8.42 Å². The van der Waals surface area contributed by atoms with E-state index in [1.165, 1.54) is 4.31 Å². The van der Waals surface area contributed by atoms with Gasteiger partial charge in [0.25, 0.3) is 10.0 Å². The van der Waals surface area contributed by atoms with Gasteiger partial charge < -0.3 is 0 Å². The maximum Gasteiger partial charge on any atom is 0.268 e. The molecular formula is C18H17N3O2S. The monoisotopic (exact) mass is 339 g/mol. The summed E-state index contributed by atoms with van der Waals surface area (Å²) in [5.41, 5.74) is 3.11. The minimum atomic E-state index is -3.66. The summed E-state index contributed by atoms with van der Waals surface area (Å²) in [5.74, 6) is 0. The summed E-state index contributed by atoms with van der Waals surface area (Å²) in [6, 6.07) is 17.1. The Morgan fingerprint density at radius 3 is 2.50 bits per heavy atom. The van der Waals surface area contributed by atoms with Crippen LogP contribution in [0.4, 0.5) is 5.69 Å². The van der Waals surface area contributed by atoms with Crippen LogP contribution in [0.15, 0.2) is 65.7 Å². The number of fused-ring (bicyclic) bond motifs is 1. The van der Waals surface area contributed by atoms with Crippen molar-refractivity contribution in [3.05, 3.63) is 66.4 Å². The molecule has 6 heteroatoms. The molecule has 1 aromatic heterocycles. The number of sulfonamides is 1. The lowest BCUT2D eigenvalue weighted by molar-refractivity contribution is 0.592. The highest BCUT2D eigenvalue weighted by Gasteiger charge is 2.34. The third-order valence-corrected chi connectivity index (χ3v) is 6.07. The molecule has 0 saturated carbocycles. The van der Waals surface area contributed by atoms with Crippen molar-refractivity contribution in [1.82, 2.24) is 9.78 Å². The lowest BCUT2D eigenvalue weighted by Crippen LogP contribution is -2.29. The standard InChI is InChI=1S/C18H17N3O2S/c1-20-13-17(18(19-20)15-8-3-2-4-9-15)24(22,23)21-12-11-14-7-5-6-10-16(14)21/h2-10,13H,11-12H2,1H3. The van der Waals surface area contributed by atoms with Gasteiger partial charge >= 0.3 is 0 Å². The second-order valence-electron chi connectivity index (χ2n) is 5.84. The van der Waals surface area contributed by atoms with E-state index in [2.05, 4.69) is 5.10 Å². The Kier molecular flexibility index (Phi) is 3.42. The van der Waals surface area contributed by atoms with Gasteiger partial charge in [-0.2, -0.15) is 5.10 Å². The third kappa shape index (κ3) is 2.30. The lowest BCUT2D eigenvalue weighted by atomic mass is 10.2. The van der Waals surface area contributed by atoms with Gasteiger partial charge in [0.2, 0.25) is 0 Å². The fourth-order valence-corrected chi connectivity index (χ4v) is 4.82. The lowest BCUT2D eigenvalue weighted by Gasteiger charge is -2.19. The molecule has 0 amide bonds. The Hall–Kier alpha value is -2.60. The van der Waals surface area contributed by atoms with Gasteiger partial charge in [0, 0.05) is 25.4 Å². The van der Waals surface area contributed by atoms with Gasteiger partial charge in [0.15, 0.2) is 0 Å². The molecule has 24 heavy (non-hydrogen) atoms. The summed E-state index contributed by atoms with van der Waals surface area (Å²) in [4.78, 5) is 0.243. The number of rotatable bonds is 3. The van der Waals surface area contributed by atoms with Crippen LogP contribution in [-0.2, 0) is 23.5 Å². The highest BCUT2D eigenvalue weighted by atomic mass is 32.2. The van der Waals surface area contributed by atoms with Crippen LogP contribution in [0.2, 0.25) is 0 Å². The average Bonchev–Trinajstić information content (AvgIpc) is 3.20. The van der Waals surface area contributed by atoms with E-state index in [9.17, 15) is 8.42 Å². The van der Waals surface area contributed by atoms with Gasteiger partial charge in [0.1, 0.15) is 10.6 Å². The zero-order chi connectivity index (χ0) is 16.7. The minimum Gasteiger partial charge on any atom is -0.274 e. The summed E-state index contributed by atoms with van der Waals surface area (Å²) in [5, 5.41) is 4.39. The number of nitrogens with zero attached hydrogens (tertiary/aromatic N) is 3. The van der Waals surface area contributed by atoms with Crippen LogP contribution in [0.25, 0.3) is 11.3 Å². The van der Waals surface area contributed by atoms with Crippen molar-refractivity contribution in [3.8, 4) is 11.3 Å². The molecule has 0 saturated heterocycles. The largest absolute Gasteiger partial charge is 0.274 e. The van der Waals surface area contributed by atoms with Gasteiger partial charge in [-0.25, -0.2) is 8.42 Å². The molecule has 0 N–H and O–H groups in total. The molecular weight excluding hydrogens is 322 g/mol. The zero-order valence-electron chi connectivity index (χ0n) is 13.3. The molecule has 0 spiro atoms. The Bertz CT molecular complexity index is 994. The first-order valence-electron chi connectivity index (χ1n) is 7.77. The van der Waals surface area contributed by atoms with Gasteiger partial charge in [0.05, 0.1) is 5.69 Å². The van der Waals surface area contributed by atoms with Crippen LogP contribution in [0.3, 0.4) is 0 Å². The molecule has 0 bridgehead atoms. The molecule has 0 aliphatic carbocycles. The van der Waals surface area contributed by atoms with Gasteiger partial charge in [-0.1, -0.05) is 48.5 Å². The Labute approximate surface area is 141 Å². The molecule has 2 heterocycles. The smallest absolute Gasteiger partial charge is 0.268 e. The molecule has 1 aliphatic rings. The van der Waals surface area contributed by atoms with Crippen LogP contribution < -0.4 is 4.31 Å². The maximum absolute atomic E-state index is 13.3. The molecule has 3 aromatic rings. The van der Waals surface area contributed by atoms with Crippen molar-refractivity contribution in [3.63, 3.8) is 0 Å². The fraction of sp³-hybridized carbons (Fsp3) is 0.167. The molecule has 1 aliphatic heterocycles. The Balaban J connectivity index is 1.85. The molecule has 4 rings (SSSR count). The van der Waals surface area contributed by atoms with E-state index < -0.39 is 10.0 Å². The van der Waals surface area contributed by atoms with Crippen molar-refractivity contribution in [2.24, 2.45) is 7.05 Å². The van der Waals surface area contributed by atoms with Crippen molar-refractivity contribution in [1.29, 1.82) is 0 Å². The zero-order valence-corrected chi connectivity index (χ0v) is 14.1.